The SMILES string of the molecule is Nc1cccc(C(=O)Cc2ccc3c(O)cc(S(=O)(=O)O)cc3c2)c1.[HH].[HH]. The molecule has 0 aliphatic rings. The Balaban J connectivity index is 0.00000182. The second kappa shape index (κ2) is 6.19. The van der Waals surface area contributed by atoms with Gasteiger partial charge in [-0.3, -0.25) is 9.35 Å². The van der Waals surface area contributed by atoms with Gasteiger partial charge in [-0.15, -0.1) is 0 Å². The Labute approximate surface area is 147 Å². The molecule has 3 aromatic carbocycles. The first-order valence-corrected chi connectivity index (χ1v) is 8.80. The maximum Gasteiger partial charge on any atom is 0.294 e. The molecule has 3 aromatic rings. The number of carbonyl (C=O) groups excluding carboxylic acids is 1. The van der Waals surface area contributed by atoms with Crippen LogP contribution in [0.3, 0.4) is 0 Å². The molecule has 0 aromatic heterocycles. The molecule has 0 saturated carbocycles. The maximum atomic E-state index is 12.4. The van der Waals surface area contributed by atoms with E-state index in [1.165, 1.54) is 6.07 Å². The number of phenols is 1. The predicted molar refractivity (Wildman–Crippen MR) is 98.5 cm³/mol. The summed E-state index contributed by atoms with van der Waals surface area (Å²) in [4.78, 5) is 11.9. The van der Waals surface area contributed by atoms with Gasteiger partial charge in [0, 0.05) is 32.0 Å². The van der Waals surface area contributed by atoms with Crippen LogP contribution in [0, 0.1) is 0 Å². The smallest absolute Gasteiger partial charge is 0.294 e. The fourth-order valence-electron chi connectivity index (χ4n) is 2.63. The molecular formula is C18H19NO5S. The third-order valence-corrected chi connectivity index (χ3v) is 4.67. The third-order valence-electron chi connectivity index (χ3n) is 3.84. The molecule has 0 aliphatic carbocycles. The van der Waals surface area contributed by atoms with Gasteiger partial charge in [0.05, 0.1) is 4.90 Å². The van der Waals surface area contributed by atoms with Gasteiger partial charge in [0.1, 0.15) is 5.75 Å². The second-order valence-electron chi connectivity index (χ2n) is 5.70. The van der Waals surface area contributed by atoms with Crippen molar-refractivity contribution < 1.29 is 25.7 Å². The van der Waals surface area contributed by atoms with Crippen molar-refractivity contribution in [2.24, 2.45) is 0 Å². The monoisotopic (exact) mass is 361 g/mol. The molecule has 0 atom stereocenters. The van der Waals surface area contributed by atoms with Gasteiger partial charge in [0.2, 0.25) is 0 Å². The van der Waals surface area contributed by atoms with E-state index in [1.807, 2.05) is 0 Å². The van der Waals surface area contributed by atoms with Gasteiger partial charge in [0.25, 0.3) is 10.1 Å². The van der Waals surface area contributed by atoms with Gasteiger partial charge < -0.3 is 10.8 Å². The van der Waals surface area contributed by atoms with Gasteiger partial charge in [-0.05, 0) is 29.1 Å². The van der Waals surface area contributed by atoms with E-state index in [9.17, 15) is 18.3 Å². The molecule has 0 bridgehead atoms. The first-order valence-electron chi connectivity index (χ1n) is 7.36. The number of fused-ring (bicyclic) bond motifs is 1. The van der Waals surface area contributed by atoms with Crippen LogP contribution in [0.1, 0.15) is 18.8 Å². The molecule has 0 spiro atoms. The van der Waals surface area contributed by atoms with Crippen LogP contribution in [0.5, 0.6) is 5.75 Å². The lowest BCUT2D eigenvalue weighted by molar-refractivity contribution is 0.0993. The Kier molecular flexibility index (Phi) is 4.20. The molecule has 0 heterocycles. The summed E-state index contributed by atoms with van der Waals surface area (Å²) < 4.78 is 31.7. The molecule has 0 saturated heterocycles. The predicted octanol–water partition coefficient (Wildman–Crippen LogP) is 3.29. The molecule has 25 heavy (non-hydrogen) atoms. The number of Topliss-reactive ketones (excluding diaryl/α,β-unsaturated/α-hetero) is 1. The average molecular weight is 361 g/mol. The van der Waals surface area contributed by atoms with Crippen molar-refractivity contribution in [3.63, 3.8) is 0 Å². The van der Waals surface area contributed by atoms with Crippen LogP contribution in [0.15, 0.2) is 59.5 Å². The highest BCUT2D eigenvalue weighted by Crippen LogP contribution is 2.29. The van der Waals surface area contributed by atoms with E-state index >= 15 is 0 Å². The fraction of sp³-hybridized carbons (Fsp3) is 0.0556. The molecule has 132 valence electrons. The van der Waals surface area contributed by atoms with Crippen LogP contribution < -0.4 is 5.73 Å². The van der Waals surface area contributed by atoms with E-state index in [4.69, 9.17) is 10.3 Å². The number of phenolic OH excluding ortho intramolecular Hbond substituents is 1. The maximum absolute atomic E-state index is 12.4. The number of hydrogen-bond donors (Lipinski definition) is 3. The van der Waals surface area contributed by atoms with Gasteiger partial charge in [-0.25, -0.2) is 0 Å². The zero-order chi connectivity index (χ0) is 18.2. The average Bonchev–Trinajstić information content (AvgIpc) is 2.53. The van der Waals surface area contributed by atoms with Gasteiger partial charge >= 0.3 is 0 Å². The third kappa shape index (κ3) is 3.62. The second-order valence-corrected chi connectivity index (χ2v) is 7.12. The van der Waals surface area contributed by atoms with Crippen molar-refractivity contribution in [3.8, 4) is 5.75 Å². The van der Waals surface area contributed by atoms with Gasteiger partial charge in [-0.2, -0.15) is 8.42 Å². The minimum Gasteiger partial charge on any atom is -0.507 e. The van der Waals surface area contributed by atoms with Crippen LogP contribution in [-0.2, 0) is 16.5 Å². The van der Waals surface area contributed by atoms with Crippen LogP contribution in [-0.4, -0.2) is 23.9 Å². The van der Waals surface area contributed by atoms with E-state index in [0.717, 1.165) is 6.07 Å². The van der Waals surface area contributed by atoms with E-state index in [0.29, 0.717) is 27.6 Å². The van der Waals surface area contributed by atoms with E-state index < -0.39 is 15.0 Å². The number of benzene rings is 3. The van der Waals surface area contributed by atoms with Gasteiger partial charge in [-0.1, -0.05) is 30.3 Å². The molecule has 0 unspecified atom stereocenters. The van der Waals surface area contributed by atoms with E-state index in [-0.39, 0.29) is 20.8 Å². The summed E-state index contributed by atoms with van der Waals surface area (Å²) in [6, 6.07) is 13.8. The van der Waals surface area contributed by atoms with Crippen molar-refractivity contribution in [1.82, 2.24) is 0 Å². The quantitative estimate of drug-likeness (QED) is 0.373. The lowest BCUT2D eigenvalue weighted by Crippen LogP contribution is -2.04. The summed E-state index contributed by atoms with van der Waals surface area (Å²) >= 11 is 0. The highest BCUT2D eigenvalue weighted by Gasteiger charge is 2.14. The minimum atomic E-state index is -4.44. The van der Waals surface area contributed by atoms with Crippen molar-refractivity contribution >= 4 is 32.4 Å². The number of carbonyl (C=O) groups is 1. The number of anilines is 1. The Bertz CT molecular complexity index is 1100. The summed E-state index contributed by atoms with van der Waals surface area (Å²) in [5.74, 6) is -0.402. The number of nitrogen functional groups attached to an aromatic ring is 1. The molecular weight excluding hydrogens is 342 g/mol. The molecule has 0 fully saturated rings. The standard InChI is InChI=1S/C18H15NO5S.2H2/c19-14-3-1-2-12(8-14)17(20)7-11-4-5-16-13(6-11)9-15(10-18(16)21)25(22,23)24;;/h1-6,8-10,21H,7,19H2,(H,22,23,24);2*1H. The zero-order valence-electron chi connectivity index (χ0n) is 13.0. The number of ketones is 1. The molecule has 0 radical (unpaired) electrons. The number of nitrogens with two attached hydrogens (primary N) is 1. The van der Waals surface area contributed by atoms with E-state index in [1.54, 1.807) is 42.5 Å². The summed E-state index contributed by atoms with van der Waals surface area (Å²) in [6.07, 6.45) is 0.0935. The lowest BCUT2D eigenvalue weighted by Gasteiger charge is -2.07. The van der Waals surface area contributed by atoms with Gasteiger partial charge in [0.15, 0.2) is 5.78 Å². The highest BCUT2D eigenvalue weighted by molar-refractivity contribution is 7.85. The van der Waals surface area contributed by atoms with E-state index in [2.05, 4.69) is 0 Å². The van der Waals surface area contributed by atoms with Crippen molar-refractivity contribution in [1.29, 1.82) is 0 Å². The molecule has 0 aliphatic heterocycles. The molecule has 4 N–H and O–H groups in total. The summed E-state index contributed by atoms with van der Waals surface area (Å²) in [6.45, 7) is 0. The number of hydrogen-bond acceptors (Lipinski definition) is 5. The first kappa shape index (κ1) is 16.9. The number of aromatic hydroxyl groups is 1. The normalized spacial score (nSPS) is 11.6. The lowest BCUT2D eigenvalue weighted by atomic mass is 9.99. The number of rotatable bonds is 4. The molecule has 6 nitrogen and oxygen atoms in total. The molecule has 3 rings (SSSR count). The van der Waals surface area contributed by atoms with Crippen LogP contribution in [0.4, 0.5) is 5.69 Å². The summed E-state index contributed by atoms with van der Waals surface area (Å²) in [7, 11) is -4.44. The highest BCUT2D eigenvalue weighted by atomic mass is 32.2. The fourth-order valence-corrected chi connectivity index (χ4v) is 3.17. The Morgan fingerprint density at radius 3 is 2.52 bits per heavy atom. The first-order chi connectivity index (χ1) is 11.7. The molecule has 0 amide bonds. The topological polar surface area (TPSA) is 118 Å². The minimum absolute atomic E-state index is 0. The van der Waals surface area contributed by atoms with Crippen molar-refractivity contribution in [2.45, 2.75) is 11.3 Å². The largest absolute Gasteiger partial charge is 0.507 e. The van der Waals surface area contributed by atoms with Crippen LogP contribution in [0.2, 0.25) is 0 Å². The zero-order valence-corrected chi connectivity index (χ0v) is 13.8. The Hall–Kier alpha value is -2.90. The summed E-state index contributed by atoms with van der Waals surface area (Å²) in [5, 5.41) is 10.8. The summed E-state index contributed by atoms with van der Waals surface area (Å²) in [5.41, 5.74) is 7.30. The molecule has 7 heteroatoms. The Morgan fingerprint density at radius 2 is 1.84 bits per heavy atom. The van der Waals surface area contributed by atoms with Crippen molar-refractivity contribution in [3.05, 3.63) is 65.7 Å². The van der Waals surface area contributed by atoms with Crippen LogP contribution >= 0.6 is 0 Å². The Morgan fingerprint density at radius 1 is 1.08 bits per heavy atom. The van der Waals surface area contributed by atoms with Crippen LogP contribution in [0.25, 0.3) is 10.8 Å². The van der Waals surface area contributed by atoms with Crippen molar-refractivity contribution in [2.75, 3.05) is 5.73 Å².